The highest BCUT2D eigenvalue weighted by atomic mass is 15.0. The van der Waals surface area contributed by atoms with Crippen LogP contribution in [0.1, 0.15) is 0 Å². The van der Waals surface area contributed by atoms with Gasteiger partial charge in [0.2, 0.25) is 0 Å². The molecule has 67 heavy (non-hydrogen) atoms. The summed E-state index contributed by atoms with van der Waals surface area (Å²) in [4.78, 5) is 31.0. The molecule has 7 heteroatoms. The van der Waals surface area contributed by atoms with Crippen molar-refractivity contribution in [1.82, 2.24) is 29.9 Å². The molecule has 0 bridgehead atoms. The highest BCUT2D eigenvalue weighted by Crippen LogP contribution is 2.48. The SMILES string of the molecule is Nc1cccc(-c2nc(-c3ccccc3)nc(-c3ccc(-c4ccccc4-c4nc(-c5ccccc5)nc(-c5ccccc5)n4)c(-c4ccccc4)c3-c3cccc(-c4ccccc4)c3)n2)c1. The van der Waals surface area contributed by atoms with Gasteiger partial charge in [0, 0.05) is 44.6 Å². The maximum absolute atomic E-state index is 6.36. The molecule has 0 aliphatic heterocycles. The van der Waals surface area contributed by atoms with Crippen LogP contribution in [0.3, 0.4) is 0 Å². The van der Waals surface area contributed by atoms with Crippen molar-refractivity contribution < 1.29 is 0 Å². The smallest absolute Gasteiger partial charge is 0.164 e. The number of nitrogens with zero attached hydrogens (tertiary/aromatic N) is 6. The van der Waals surface area contributed by atoms with Gasteiger partial charge < -0.3 is 5.73 Å². The summed E-state index contributed by atoms with van der Waals surface area (Å²) in [6.07, 6.45) is 0. The van der Waals surface area contributed by atoms with Crippen LogP contribution in [0.4, 0.5) is 5.69 Å². The quantitative estimate of drug-likeness (QED) is 0.137. The molecule has 0 radical (unpaired) electrons. The van der Waals surface area contributed by atoms with Crippen LogP contribution in [0, 0.1) is 0 Å². The van der Waals surface area contributed by atoms with Crippen molar-refractivity contribution in [1.29, 1.82) is 0 Å². The molecule has 2 heterocycles. The van der Waals surface area contributed by atoms with Gasteiger partial charge in [-0.2, -0.15) is 0 Å². The van der Waals surface area contributed by atoms with Gasteiger partial charge in [-0.15, -0.1) is 0 Å². The van der Waals surface area contributed by atoms with Crippen LogP contribution in [0.5, 0.6) is 0 Å². The van der Waals surface area contributed by atoms with E-state index in [1.54, 1.807) is 0 Å². The van der Waals surface area contributed by atoms with Gasteiger partial charge in [0.1, 0.15) is 0 Å². The molecule has 316 valence electrons. The topological polar surface area (TPSA) is 103 Å². The van der Waals surface area contributed by atoms with Gasteiger partial charge in [-0.3, -0.25) is 0 Å². The van der Waals surface area contributed by atoms with E-state index in [4.69, 9.17) is 35.6 Å². The normalized spacial score (nSPS) is 11.0. The van der Waals surface area contributed by atoms with Gasteiger partial charge >= 0.3 is 0 Å². The maximum atomic E-state index is 6.36. The van der Waals surface area contributed by atoms with Gasteiger partial charge in [0.05, 0.1) is 0 Å². The molecule has 0 aliphatic carbocycles. The van der Waals surface area contributed by atoms with E-state index >= 15 is 0 Å². The number of anilines is 1. The first-order chi connectivity index (χ1) is 33.1. The van der Waals surface area contributed by atoms with Crippen molar-refractivity contribution >= 4 is 5.69 Å². The first-order valence-corrected chi connectivity index (χ1v) is 22.2. The zero-order valence-corrected chi connectivity index (χ0v) is 36.3. The first kappa shape index (κ1) is 40.6. The van der Waals surface area contributed by atoms with Gasteiger partial charge in [0.15, 0.2) is 34.9 Å². The number of rotatable bonds is 10. The van der Waals surface area contributed by atoms with Crippen LogP contribution in [-0.2, 0) is 0 Å². The van der Waals surface area contributed by atoms with E-state index in [9.17, 15) is 0 Å². The Balaban J connectivity index is 1.21. The van der Waals surface area contributed by atoms with Gasteiger partial charge in [-0.05, 0) is 63.2 Å². The van der Waals surface area contributed by atoms with E-state index in [0.717, 1.165) is 77.9 Å². The van der Waals surface area contributed by atoms with Crippen LogP contribution in [0.25, 0.3) is 113 Å². The lowest BCUT2D eigenvalue weighted by atomic mass is 9.82. The summed E-state index contributed by atoms with van der Waals surface area (Å²) in [5.74, 6) is 3.36. The summed E-state index contributed by atoms with van der Waals surface area (Å²) in [5.41, 5.74) is 20.3. The fraction of sp³-hybridized carbons (Fsp3) is 0. The number of hydrogen-bond acceptors (Lipinski definition) is 7. The van der Waals surface area contributed by atoms with Gasteiger partial charge in [-0.25, -0.2) is 29.9 Å². The minimum Gasteiger partial charge on any atom is -0.399 e. The average molecular weight is 860 g/mol. The monoisotopic (exact) mass is 859 g/mol. The van der Waals surface area contributed by atoms with Gasteiger partial charge in [-0.1, -0.05) is 212 Å². The summed E-state index contributed by atoms with van der Waals surface area (Å²) in [7, 11) is 0. The Hall–Kier alpha value is -9.20. The van der Waals surface area contributed by atoms with Crippen molar-refractivity contribution in [2.75, 3.05) is 5.73 Å². The summed E-state index contributed by atoms with van der Waals surface area (Å²) in [6.45, 7) is 0. The minimum atomic E-state index is 0.522. The second kappa shape index (κ2) is 18.1. The third-order valence-electron chi connectivity index (χ3n) is 11.7. The van der Waals surface area contributed by atoms with E-state index in [-0.39, 0.29) is 0 Å². The predicted octanol–water partition coefficient (Wildman–Crippen LogP) is 14.3. The minimum absolute atomic E-state index is 0.522. The molecule has 0 aliphatic rings. The predicted molar refractivity (Wildman–Crippen MR) is 272 cm³/mol. The largest absolute Gasteiger partial charge is 0.399 e. The molecule has 11 aromatic rings. The molecular weight excluding hydrogens is 819 g/mol. The zero-order chi connectivity index (χ0) is 44.9. The lowest BCUT2D eigenvalue weighted by molar-refractivity contribution is 1.07. The molecule has 0 atom stereocenters. The van der Waals surface area contributed by atoms with E-state index in [1.165, 1.54) is 0 Å². The van der Waals surface area contributed by atoms with Crippen LogP contribution < -0.4 is 5.73 Å². The van der Waals surface area contributed by atoms with Crippen molar-refractivity contribution in [2.45, 2.75) is 0 Å². The standard InChI is InChI=1S/C60H41N7/c61-48-33-19-32-47(39-48)58-63-57(44-28-14-5-15-29-44)66-60(67-58)52-37-36-50(53(41-22-8-2-9-23-41)54(52)46-31-18-30-45(38-46)40-20-6-1-7-21-40)49-34-16-17-35-51(49)59-64-55(42-24-10-3-11-25-42)62-56(65-59)43-26-12-4-13-27-43/h1-39H,61H2. The number of nitrogens with two attached hydrogens (primary N) is 1. The third kappa shape index (κ3) is 8.36. The highest BCUT2D eigenvalue weighted by Gasteiger charge is 2.25. The molecule has 11 rings (SSSR count). The van der Waals surface area contributed by atoms with E-state index in [2.05, 4.69) is 103 Å². The second-order valence-corrected chi connectivity index (χ2v) is 16.1. The summed E-state index contributed by atoms with van der Waals surface area (Å²) in [6, 6.07) is 80.3. The van der Waals surface area contributed by atoms with E-state index < -0.39 is 0 Å². The Kier molecular flexibility index (Phi) is 11.0. The molecule has 2 aromatic heterocycles. The number of hydrogen-bond donors (Lipinski definition) is 1. The molecule has 0 saturated heterocycles. The molecule has 0 saturated carbocycles. The van der Waals surface area contributed by atoms with Crippen LogP contribution in [0.15, 0.2) is 237 Å². The van der Waals surface area contributed by atoms with Crippen molar-refractivity contribution in [3.8, 4) is 113 Å². The van der Waals surface area contributed by atoms with E-state index in [1.807, 2.05) is 133 Å². The molecule has 0 unspecified atom stereocenters. The molecule has 0 fully saturated rings. The van der Waals surface area contributed by atoms with Crippen molar-refractivity contribution in [2.24, 2.45) is 0 Å². The summed E-state index contributed by atoms with van der Waals surface area (Å²) >= 11 is 0. The van der Waals surface area contributed by atoms with Gasteiger partial charge in [0.25, 0.3) is 0 Å². The maximum Gasteiger partial charge on any atom is 0.164 e. The average Bonchev–Trinajstić information content (AvgIpc) is 3.41. The van der Waals surface area contributed by atoms with Crippen LogP contribution in [-0.4, -0.2) is 29.9 Å². The summed E-state index contributed by atoms with van der Waals surface area (Å²) in [5, 5.41) is 0. The molecule has 7 nitrogen and oxygen atoms in total. The summed E-state index contributed by atoms with van der Waals surface area (Å²) < 4.78 is 0. The lowest BCUT2D eigenvalue weighted by Crippen LogP contribution is -2.03. The third-order valence-corrected chi connectivity index (χ3v) is 11.7. The Bertz CT molecular complexity index is 3450. The fourth-order valence-corrected chi connectivity index (χ4v) is 8.56. The fourth-order valence-electron chi connectivity index (χ4n) is 8.56. The van der Waals surface area contributed by atoms with E-state index in [0.29, 0.717) is 40.6 Å². The Morgan fingerprint density at radius 1 is 0.209 bits per heavy atom. The van der Waals surface area contributed by atoms with Crippen LogP contribution in [0.2, 0.25) is 0 Å². The molecule has 2 N–H and O–H groups in total. The molecular formula is C60H41N7. The van der Waals surface area contributed by atoms with Crippen LogP contribution >= 0.6 is 0 Å². The highest BCUT2D eigenvalue weighted by molar-refractivity contribution is 6.03. The number of benzene rings is 9. The number of nitrogen functional groups attached to an aromatic ring is 1. The molecule has 0 amide bonds. The zero-order valence-electron chi connectivity index (χ0n) is 36.3. The number of aromatic nitrogens is 6. The Morgan fingerprint density at radius 2 is 0.567 bits per heavy atom. The van der Waals surface area contributed by atoms with Crippen molar-refractivity contribution in [3.63, 3.8) is 0 Å². The van der Waals surface area contributed by atoms with Crippen molar-refractivity contribution in [3.05, 3.63) is 237 Å². The Labute approximate surface area is 389 Å². The Morgan fingerprint density at radius 3 is 1.10 bits per heavy atom. The lowest BCUT2D eigenvalue weighted by Gasteiger charge is -2.22. The second-order valence-electron chi connectivity index (χ2n) is 16.1. The molecule has 0 spiro atoms. The first-order valence-electron chi connectivity index (χ1n) is 22.2. The molecule has 9 aromatic carbocycles.